The zero-order valence-corrected chi connectivity index (χ0v) is 12.9. The lowest BCUT2D eigenvalue weighted by Crippen LogP contribution is -2.34. The summed E-state index contributed by atoms with van der Waals surface area (Å²) in [5.74, 6) is -0.726. The number of rotatable bonds is 3. The summed E-state index contributed by atoms with van der Waals surface area (Å²) < 4.78 is 41.2. The van der Waals surface area contributed by atoms with E-state index < -0.39 is 15.8 Å². The molecule has 0 amide bonds. The minimum absolute atomic E-state index is 0.0736. The molecular formula is C13H17BrFNO2S. The Morgan fingerprint density at radius 3 is 2.37 bits per heavy atom. The van der Waals surface area contributed by atoms with Crippen molar-refractivity contribution in [2.75, 3.05) is 0 Å². The van der Waals surface area contributed by atoms with Gasteiger partial charge in [-0.3, -0.25) is 0 Å². The third kappa shape index (κ3) is 4.00. The van der Waals surface area contributed by atoms with Gasteiger partial charge in [0, 0.05) is 10.5 Å². The lowest BCUT2D eigenvalue weighted by atomic mass is 10.1. The first-order valence-corrected chi connectivity index (χ1v) is 8.74. The maximum atomic E-state index is 13.7. The van der Waals surface area contributed by atoms with E-state index >= 15 is 0 Å². The Hall–Kier alpha value is -0.460. The highest BCUT2D eigenvalue weighted by Gasteiger charge is 2.23. The van der Waals surface area contributed by atoms with Gasteiger partial charge >= 0.3 is 0 Å². The Morgan fingerprint density at radius 2 is 1.79 bits per heavy atom. The van der Waals surface area contributed by atoms with Gasteiger partial charge in [0.15, 0.2) is 0 Å². The van der Waals surface area contributed by atoms with Crippen molar-refractivity contribution in [3.8, 4) is 0 Å². The van der Waals surface area contributed by atoms with E-state index in [0.29, 0.717) is 4.47 Å². The molecule has 106 valence electrons. The molecule has 1 fully saturated rings. The molecule has 0 aliphatic heterocycles. The third-order valence-corrected chi connectivity index (χ3v) is 5.41. The second-order valence-corrected chi connectivity index (χ2v) is 7.48. The molecule has 1 aliphatic rings. The van der Waals surface area contributed by atoms with Crippen LogP contribution in [0.4, 0.5) is 4.39 Å². The van der Waals surface area contributed by atoms with E-state index in [4.69, 9.17) is 0 Å². The fourth-order valence-electron chi connectivity index (χ4n) is 2.37. The van der Waals surface area contributed by atoms with Gasteiger partial charge in [0.05, 0.1) is 0 Å². The van der Waals surface area contributed by atoms with E-state index in [2.05, 4.69) is 20.7 Å². The molecule has 19 heavy (non-hydrogen) atoms. The van der Waals surface area contributed by atoms with Crippen LogP contribution in [0.25, 0.3) is 0 Å². The Labute approximate surface area is 121 Å². The van der Waals surface area contributed by atoms with Crippen molar-refractivity contribution in [1.29, 1.82) is 0 Å². The molecule has 0 radical (unpaired) electrons. The van der Waals surface area contributed by atoms with Gasteiger partial charge in [0.25, 0.3) is 0 Å². The highest BCUT2D eigenvalue weighted by Crippen LogP contribution is 2.22. The van der Waals surface area contributed by atoms with Crippen LogP contribution in [0.1, 0.15) is 38.5 Å². The highest BCUT2D eigenvalue weighted by molar-refractivity contribution is 9.10. The lowest BCUT2D eigenvalue weighted by molar-refractivity contribution is 0.503. The van der Waals surface area contributed by atoms with Crippen LogP contribution < -0.4 is 4.72 Å². The van der Waals surface area contributed by atoms with E-state index in [0.717, 1.165) is 38.5 Å². The summed E-state index contributed by atoms with van der Waals surface area (Å²) in [5, 5.41) is 0. The van der Waals surface area contributed by atoms with Crippen molar-refractivity contribution in [1.82, 2.24) is 4.72 Å². The Kier molecular flexibility index (Phi) is 4.97. The Bertz CT molecular complexity index is 540. The second-order valence-electron chi connectivity index (χ2n) is 4.88. The summed E-state index contributed by atoms with van der Waals surface area (Å²) in [5.41, 5.74) is 0. The van der Waals surface area contributed by atoms with Crippen LogP contribution in [-0.2, 0) is 10.0 Å². The van der Waals surface area contributed by atoms with Crippen LogP contribution in [0.15, 0.2) is 27.6 Å². The van der Waals surface area contributed by atoms with Crippen molar-refractivity contribution < 1.29 is 12.8 Å². The Balaban J connectivity index is 2.17. The summed E-state index contributed by atoms with van der Waals surface area (Å²) in [6, 6.07) is 3.92. The van der Waals surface area contributed by atoms with Gasteiger partial charge in [-0.2, -0.15) is 0 Å². The SMILES string of the molecule is O=S(=O)(NC1CCCCCC1)c1ccc(Br)cc1F. The van der Waals surface area contributed by atoms with Crippen molar-refractivity contribution in [3.05, 3.63) is 28.5 Å². The van der Waals surface area contributed by atoms with Gasteiger partial charge in [-0.25, -0.2) is 17.5 Å². The summed E-state index contributed by atoms with van der Waals surface area (Å²) in [4.78, 5) is -0.278. The fourth-order valence-corrected chi connectivity index (χ4v) is 4.07. The van der Waals surface area contributed by atoms with Crippen LogP contribution >= 0.6 is 15.9 Å². The van der Waals surface area contributed by atoms with Crippen molar-refractivity contribution in [2.24, 2.45) is 0 Å². The number of sulfonamides is 1. The minimum atomic E-state index is -3.77. The van der Waals surface area contributed by atoms with Gasteiger partial charge in [0.2, 0.25) is 10.0 Å². The van der Waals surface area contributed by atoms with Gasteiger partial charge < -0.3 is 0 Å². The first-order valence-electron chi connectivity index (χ1n) is 6.46. The lowest BCUT2D eigenvalue weighted by Gasteiger charge is -2.16. The van der Waals surface area contributed by atoms with E-state index in [9.17, 15) is 12.8 Å². The van der Waals surface area contributed by atoms with Crippen LogP contribution in [0.3, 0.4) is 0 Å². The molecule has 0 unspecified atom stereocenters. The van der Waals surface area contributed by atoms with Gasteiger partial charge in [-0.15, -0.1) is 0 Å². The molecule has 1 N–H and O–H groups in total. The molecular weight excluding hydrogens is 333 g/mol. The minimum Gasteiger partial charge on any atom is -0.208 e. The number of hydrogen-bond acceptors (Lipinski definition) is 2. The smallest absolute Gasteiger partial charge is 0.208 e. The molecule has 0 heterocycles. The van der Waals surface area contributed by atoms with Crippen molar-refractivity contribution in [2.45, 2.75) is 49.5 Å². The first-order chi connectivity index (χ1) is 8.99. The van der Waals surface area contributed by atoms with E-state index in [1.807, 2.05) is 0 Å². The fraction of sp³-hybridized carbons (Fsp3) is 0.538. The van der Waals surface area contributed by atoms with Gasteiger partial charge in [-0.1, -0.05) is 41.6 Å². The number of benzene rings is 1. The van der Waals surface area contributed by atoms with Gasteiger partial charge in [0.1, 0.15) is 10.7 Å². The van der Waals surface area contributed by atoms with Crippen LogP contribution in [0.5, 0.6) is 0 Å². The predicted molar refractivity (Wildman–Crippen MR) is 75.9 cm³/mol. The van der Waals surface area contributed by atoms with Crippen LogP contribution in [0, 0.1) is 5.82 Å². The summed E-state index contributed by atoms with van der Waals surface area (Å²) in [6.45, 7) is 0. The largest absolute Gasteiger partial charge is 0.243 e. The van der Waals surface area contributed by atoms with E-state index in [1.165, 1.54) is 18.2 Å². The zero-order valence-electron chi connectivity index (χ0n) is 10.5. The van der Waals surface area contributed by atoms with Gasteiger partial charge in [-0.05, 0) is 31.0 Å². The molecule has 1 aromatic rings. The quantitative estimate of drug-likeness (QED) is 0.847. The molecule has 1 saturated carbocycles. The second kappa shape index (κ2) is 6.33. The molecule has 6 heteroatoms. The van der Waals surface area contributed by atoms with E-state index in [-0.39, 0.29) is 10.9 Å². The molecule has 0 aromatic heterocycles. The predicted octanol–water partition coefficient (Wildman–Crippen LogP) is 3.59. The molecule has 1 aliphatic carbocycles. The molecule has 0 saturated heterocycles. The van der Waals surface area contributed by atoms with Crippen molar-refractivity contribution in [3.63, 3.8) is 0 Å². The normalized spacial score (nSPS) is 18.2. The number of halogens is 2. The van der Waals surface area contributed by atoms with Crippen molar-refractivity contribution >= 4 is 26.0 Å². The molecule has 0 bridgehead atoms. The molecule has 1 aromatic carbocycles. The van der Waals surface area contributed by atoms with Crippen LogP contribution in [-0.4, -0.2) is 14.5 Å². The number of hydrogen-bond donors (Lipinski definition) is 1. The number of nitrogens with one attached hydrogen (secondary N) is 1. The maximum Gasteiger partial charge on any atom is 0.243 e. The summed E-state index contributed by atoms with van der Waals surface area (Å²) >= 11 is 3.12. The molecule has 3 nitrogen and oxygen atoms in total. The third-order valence-electron chi connectivity index (χ3n) is 3.36. The van der Waals surface area contributed by atoms with E-state index in [1.54, 1.807) is 0 Å². The molecule has 0 atom stereocenters. The standard InChI is InChI=1S/C13H17BrFNO2S/c14-10-7-8-13(12(15)9-10)19(17,18)16-11-5-3-1-2-4-6-11/h7-9,11,16H,1-6H2. The Morgan fingerprint density at radius 1 is 1.16 bits per heavy atom. The molecule has 0 spiro atoms. The highest BCUT2D eigenvalue weighted by atomic mass is 79.9. The summed E-state index contributed by atoms with van der Waals surface area (Å²) in [7, 11) is -3.77. The monoisotopic (exact) mass is 349 g/mol. The average molecular weight is 350 g/mol. The maximum absolute atomic E-state index is 13.7. The summed E-state index contributed by atoms with van der Waals surface area (Å²) in [6.07, 6.45) is 6.00. The molecule has 2 rings (SSSR count). The topological polar surface area (TPSA) is 46.2 Å². The zero-order chi connectivity index (χ0) is 13.9. The first kappa shape index (κ1) is 14.9. The van der Waals surface area contributed by atoms with Crippen LogP contribution in [0.2, 0.25) is 0 Å². The average Bonchev–Trinajstić information content (AvgIpc) is 2.56.